The standard InChI is InChI=1S/C15H21NO3/c1-11(2)19-15(17)12-3-5-13(6-4-12)16-14-7-9-18-10-8-14/h3-6,11,14,16H,7-10H2,1-2H3. The van der Waals surface area contributed by atoms with Crippen LogP contribution in [0.5, 0.6) is 0 Å². The summed E-state index contributed by atoms with van der Waals surface area (Å²) in [7, 11) is 0. The van der Waals surface area contributed by atoms with Crippen molar-refractivity contribution in [2.24, 2.45) is 0 Å². The van der Waals surface area contributed by atoms with Gasteiger partial charge in [-0.15, -0.1) is 0 Å². The average molecular weight is 263 g/mol. The number of anilines is 1. The predicted molar refractivity (Wildman–Crippen MR) is 74.5 cm³/mol. The summed E-state index contributed by atoms with van der Waals surface area (Å²) in [5.74, 6) is -0.271. The monoisotopic (exact) mass is 263 g/mol. The zero-order chi connectivity index (χ0) is 13.7. The van der Waals surface area contributed by atoms with Gasteiger partial charge in [-0.2, -0.15) is 0 Å². The van der Waals surface area contributed by atoms with E-state index in [0.29, 0.717) is 11.6 Å². The normalized spacial score (nSPS) is 16.4. The molecule has 0 spiro atoms. The summed E-state index contributed by atoms with van der Waals surface area (Å²) in [5.41, 5.74) is 1.62. The van der Waals surface area contributed by atoms with Crippen molar-refractivity contribution in [2.75, 3.05) is 18.5 Å². The molecule has 0 unspecified atom stereocenters. The fraction of sp³-hybridized carbons (Fsp3) is 0.533. The van der Waals surface area contributed by atoms with E-state index < -0.39 is 0 Å². The summed E-state index contributed by atoms with van der Waals surface area (Å²) >= 11 is 0. The van der Waals surface area contributed by atoms with Crippen LogP contribution in [-0.4, -0.2) is 31.3 Å². The van der Waals surface area contributed by atoms with E-state index in [9.17, 15) is 4.79 Å². The third kappa shape index (κ3) is 4.24. The van der Waals surface area contributed by atoms with E-state index >= 15 is 0 Å². The van der Waals surface area contributed by atoms with Crippen molar-refractivity contribution < 1.29 is 14.3 Å². The molecule has 0 aromatic heterocycles. The van der Waals surface area contributed by atoms with Gasteiger partial charge in [0.05, 0.1) is 11.7 Å². The summed E-state index contributed by atoms with van der Waals surface area (Å²) in [5, 5.41) is 3.46. The maximum Gasteiger partial charge on any atom is 0.338 e. The molecule has 1 N–H and O–H groups in total. The molecule has 0 atom stereocenters. The Kier molecular flexibility index (Phi) is 4.80. The van der Waals surface area contributed by atoms with Gasteiger partial charge in [-0.05, 0) is 51.0 Å². The summed E-state index contributed by atoms with van der Waals surface area (Å²) in [6, 6.07) is 7.90. The van der Waals surface area contributed by atoms with E-state index in [4.69, 9.17) is 9.47 Å². The number of hydrogen-bond acceptors (Lipinski definition) is 4. The third-order valence-corrected chi connectivity index (χ3v) is 3.06. The molecule has 0 bridgehead atoms. The Labute approximate surface area is 114 Å². The number of nitrogens with one attached hydrogen (secondary N) is 1. The molecule has 4 nitrogen and oxygen atoms in total. The third-order valence-electron chi connectivity index (χ3n) is 3.06. The van der Waals surface area contributed by atoms with Gasteiger partial charge in [-0.3, -0.25) is 0 Å². The van der Waals surface area contributed by atoms with Crippen LogP contribution in [-0.2, 0) is 9.47 Å². The zero-order valence-corrected chi connectivity index (χ0v) is 11.5. The van der Waals surface area contributed by atoms with E-state index in [-0.39, 0.29) is 12.1 Å². The van der Waals surface area contributed by atoms with Crippen molar-refractivity contribution in [3.63, 3.8) is 0 Å². The highest BCUT2D eigenvalue weighted by Gasteiger charge is 2.14. The minimum absolute atomic E-state index is 0.0902. The Bertz CT molecular complexity index is 408. The highest BCUT2D eigenvalue weighted by molar-refractivity contribution is 5.89. The number of ether oxygens (including phenoxy) is 2. The first kappa shape index (κ1) is 13.9. The highest BCUT2D eigenvalue weighted by Crippen LogP contribution is 2.16. The highest BCUT2D eigenvalue weighted by atomic mass is 16.5. The predicted octanol–water partition coefficient (Wildman–Crippen LogP) is 2.84. The minimum Gasteiger partial charge on any atom is -0.459 e. The fourth-order valence-electron chi connectivity index (χ4n) is 2.06. The van der Waals surface area contributed by atoms with Gasteiger partial charge in [0, 0.05) is 24.9 Å². The second-order valence-corrected chi connectivity index (χ2v) is 5.06. The van der Waals surface area contributed by atoms with Crippen LogP contribution >= 0.6 is 0 Å². The average Bonchev–Trinajstić information content (AvgIpc) is 2.40. The lowest BCUT2D eigenvalue weighted by molar-refractivity contribution is 0.0378. The van der Waals surface area contributed by atoms with Crippen molar-refractivity contribution in [3.8, 4) is 0 Å². The van der Waals surface area contributed by atoms with E-state index in [2.05, 4.69) is 5.32 Å². The SMILES string of the molecule is CC(C)OC(=O)c1ccc(NC2CCOCC2)cc1. The Morgan fingerprint density at radius 3 is 2.47 bits per heavy atom. The molecule has 0 radical (unpaired) electrons. The van der Waals surface area contributed by atoms with Crippen LogP contribution in [0.1, 0.15) is 37.0 Å². The van der Waals surface area contributed by atoms with Gasteiger partial charge >= 0.3 is 5.97 Å². The Morgan fingerprint density at radius 2 is 1.89 bits per heavy atom. The van der Waals surface area contributed by atoms with Crippen LogP contribution in [0.3, 0.4) is 0 Å². The second kappa shape index (κ2) is 6.57. The lowest BCUT2D eigenvalue weighted by Crippen LogP contribution is -2.27. The molecule has 1 fully saturated rings. The van der Waals surface area contributed by atoms with Gasteiger partial charge in [0.2, 0.25) is 0 Å². The number of benzene rings is 1. The molecule has 1 aliphatic rings. The van der Waals surface area contributed by atoms with Gasteiger partial charge in [-0.1, -0.05) is 0 Å². The summed E-state index contributed by atoms with van der Waals surface area (Å²) in [6.45, 7) is 5.32. The summed E-state index contributed by atoms with van der Waals surface area (Å²) < 4.78 is 10.5. The van der Waals surface area contributed by atoms with Crippen LogP contribution in [0.25, 0.3) is 0 Å². The van der Waals surface area contributed by atoms with E-state index in [1.807, 2.05) is 26.0 Å². The minimum atomic E-state index is -0.271. The van der Waals surface area contributed by atoms with Gasteiger partial charge < -0.3 is 14.8 Å². The first-order valence-electron chi connectivity index (χ1n) is 6.80. The quantitative estimate of drug-likeness (QED) is 0.849. The van der Waals surface area contributed by atoms with E-state index in [1.54, 1.807) is 12.1 Å². The number of esters is 1. The smallest absolute Gasteiger partial charge is 0.338 e. The molecular formula is C15H21NO3. The van der Waals surface area contributed by atoms with Gasteiger partial charge in [0.1, 0.15) is 0 Å². The molecule has 1 aromatic carbocycles. The maximum absolute atomic E-state index is 11.7. The Balaban J connectivity index is 1.92. The molecular weight excluding hydrogens is 242 g/mol. The maximum atomic E-state index is 11.7. The molecule has 104 valence electrons. The first-order valence-corrected chi connectivity index (χ1v) is 6.80. The molecule has 4 heteroatoms. The van der Waals surface area contributed by atoms with Crippen LogP contribution in [0.15, 0.2) is 24.3 Å². The van der Waals surface area contributed by atoms with Crippen LogP contribution < -0.4 is 5.32 Å². The molecule has 1 heterocycles. The number of hydrogen-bond donors (Lipinski definition) is 1. The lowest BCUT2D eigenvalue weighted by Gasteiger charge is -2.24. The van der Waals surface area contributed by atoms with Crippen molar-refractivity contribution in [1.82, 2.24) is 0 Å². The fourth-order valence-corrected chi connectivity index (χ4v) is 2.06. The number of carbonyl (C=O) groups is 1. The first-order chi connectivity index (χ1) is 9.15. The largest absolute Gasteiger partial charge is 0.459 e. The molecule has 0 aliphatic carbocycles. The second-order valence-electron chi connectivity index (χ2n) is 5.06. The Morgan fingerprint density at radius 1 is 1.26 bits per heavy atom. The van der Waals surface area contributed by atoms with Crippen LogP contribution in [0, 0.1) is 0 Å². The topological polar surface area (TPSA) is 47.6 Å². The van der Waals surface area contributed by atoms with Crippen molar-refractivity contribution in [1.29, 1.82) is 0 Å². The Hall–Kier alpha value is -1.55. The van der Waals surface area contributed by atoms with E-state index in [1.165, 1.54) is 0 Å². The lowest BCUT2D eigenvalue weighted by atomic mass is 10.1. The molecule has 1 aliphatic heterocycles. The molecule has 1 aromatic rings. The summed E-state index contributed by atoms with van der Waals surface area (Å²) in [6.07, 6.45) is 1.96. The van der Waals surface area contributed by atoms with Crippen LogP contribution in [0.2, 0.25) is 0 Å². The molecule has 0 saturated carbocycles. The zero-order valence-electron chi connectivity index (χ0n) is 11.5. The molecule has 2 rings (SSSR count). The van der Waals surface area contributed by atoms with Gasteiger partial charge in [0.25, 0.3) is 0 Å². The van der Waals surface area contributed by atoms with Crippen molar-refractivity contribution in [3.05, 3.63) is 29.8 Å². The molecule has 19 heavy (non-hydrogen) atoms. The van der Waals surface area contributed by atoms with E-state index in [0.717, 1.165) is 31.7 Å². The van der Waals surface area contributed by atoms with Crippen LogP contribution in [0.4, 0.5) is 5.69 Å². The molecule has 0 amide bonds. The van der Waals surface area contributed by atoms with Gasteiger partial charge in [-0.25, -0.2) is 4.79 Å². The van der Waals surface area contributed by atoms with Gasteiger partial charge in [0.15, 0.2) is 0 Å². The summed E-state index contributed by atoms with van der Waals surface area (Å²) in [4.78, 5) is 11.7. The number of carbonyl (C=O) groups excluding carboxylic acids is 1. The molecule has 1 saturated heterocycles. The van der Waals surface area contributed by atoms with Crippen molar-refractivity contribution >= 4 is 11.7 Å². The van der Waals surface area contributed by atoms with Crippen molar-refractivity contribution in [2.45, 2.75) is 38.8 Å². The number of rotatable bonds is 4.